The summed E-state index contributed by atoms with van der Waals surface area (Å²) in [5.74, 6) is 1.80. The average Bonchev–Trinajstić information content (AvgIpc) is 3.07. The number of rotatable bonds is 6. The minimum atomic E-state index is -0.326. The van der Waals surface area contributed by atoms with Crippen molar-refractivity contribution < 1.29 is 9.47 Å². The Morgan fingerprint density at radius 2 is 1.68 bits per heavy atom. The number of nitrogens with zero attached hydrogens (tertiary/aromatic N) is 5. The standard InChI is InChI=1S/C20H17N5O3/c1-24-20(26)25(23-22-24)18-10-6-5-7-15(18)14-27-19-12-11-17(13-21-19)28-16-8-3-2-4-9-16/h2-13H,14H2,1H3. The molecule has 0 radical (unpaired) electrons. The van der Waals surface area contributed by atoms with E-state index in [-0.39, 0.29) is 12.3 Å². The second-order valence-electron chi connectivity index (χ2n) is 5.96. The normalized spacial score (nSPS) is 10.6. The third-order valence-electron chi connectivity index (χ3n) is 4.01. The molecule has 0 saturated carbocycles. The molecule has 8 nitrogen and oxygen atoms in total. The molecule has 0 atom stereocenters. The Bertz CT molecular complexity index is 1120. The predicted octanol–water partition coefficient (Wildman–Crippen LogP) is 2.73. The number of para-hydroxylation sites is 2. The van der Waals surface area contributed by atoms with Gasteiger partial charge in [-0.1, -0.05) is 36.4 Å². The van der Waals surface area contributed by atoms with E-state index in [0.717, 1.165) is 11.3 Å². The van der Waals surface area contributed by atoms with Crippen LogP contribution in [0.5, 0.6) is 17.4 Å². The van der Waals surface area contributed by atoms with Gasteiger partial charge in [0.2, 0.25) is 5.88 Å². The molecular weight excluding hydrogens is 358 g/mol. The number of benzene rings is 2. The second kappa shape index (κ2) is 7.75. The number of aryl methyl sites for hydroxylation is 1. The van der Waals surface area contributed by atoms with Gasteiger partial charge in [0.05, 0.1) is 11.9 Å². The second-order valence-corrected chi connectivity index (χ2v) is 5.96. The van der Waals surface area contributed by atoms with Crippen LogP contribution in [0.4, 0.5) is 0 Å². The molecule has 140 valence electrons. The van der Waals surface area contributed by atoms with Gasteiger partial charge in [-0.25, -0.2) is 9.78 Å². The van der Waals surface area contributed by atoms with Crippen LogP contribution < -0.4 is 15.2 Å². The van der Waals surface area contributed by atoms with Crippen LogP contribution in [0, 0.1) is 0 Å². The highest BCUT2D eigenvalue weighted by atomic mass is 16.5. The van der Waals surface area contributed by atoms with E-state index in [1.165, 1.54) is 9.36 Å². The van der Waals surface area contributed by atoms with Gasteiger partial charge >= 0.3 is 5.69 Å². The Morgan fingerprint density at radius 1 is 0.893 bits per heavy atom. The topological polar surface area (TPSA) is 84.1 Å². The van der Waals surface area contributed by atoms with Crippen LogP contribution >= 0.6 is 0 Å². The molecule has 2 aromatic carbocycles. The average molecular weight is 375 g/mol. The largest absolute Gasteiger partial charge is 0.473 e. The SMILES string of the molecule is Cn1nnn(-c2ccccc2COc2ccc(Oc3ccccc3)cn2)c1=O. The van der Waals surface area contributed by atoms with E-state index in [4.69, 9.17) is 9.47 Å². The fourth-order valence-corrected chi connectivity index (χ4v) is 2.59. The zero-order valence-electron chi connectivity index (χ0n) is 15.1. The van der Waals surface area contributed by atoms with Gasteiger partial charge in [0.1, 0.15) is 18.1 Å². The van der Waals surface area contributed by atoms with Crippen molar-refractivity contribution in [1.82, 2.24) is 24.8 Å². The van der Waals surface area contributed by atoms with Crippen molar-refractivity contribution in [2.24, 2.45) is 7.05 Å². The molecule has 4 rings (SSSR count). The Labute approximate surface area is 160 Å². The number of pyridine rings is 1. The first-order valence-electron chi connectivity index (χ1n) is 8.60. The maximum Gasteiger partial charge on any atom is 0.368 e. The van der Waals surface area contributed by atoms with Gasteiger partial charge in [0, 0.05) is 18.7 Å². The molecule has 0 aliphatic carbocycles. The summed E-state index contributed by atoms with van der Waals surface area (Å²) in [6.45, 7) is 0.227. The molecule has 2 heterocycles. The van der Waals surface area contributed by atoms with Crippen molar-refractivity contribution in [1.29, 1.82) is 0 Å². The van der Waals surface area contributed by atoms with E-state index in [9.17, 15) is 4.79 Å². The Morgan fingerprint density at radius 3 is 2.39 bits per heavy atom. The summed E-state index contributed by atoms with van der Waals surface area (Å²) < 4.78 is 13.9. The van der Waals surface area contributed by atoms with Crippen molar-refractivity contribution >= 4 is 0 Å². The van der Waals surface area contributed by atoms with Gasteiger partial charge in [-0.2, -0.15) is 9.36 Å². The minimum Gasteiger partial charge on any atom is -0.473 e. The van der Waals surface area contributed by atoms with E-state index in [2.05, 4.69) is 15.4 Å². The molecule has 0 fully saturated rings. The summed E-state index contributed by atoms with van der Waals surface area (Å²) in [4.78, 5) is 16.4. The van der Waals surface area contributed by atoms with E-state index >= 15 is 0 Å². The molecule has 0 saturated heterocycles. The quantitative estimate of drug-likeness (QED) is 0.515. The fourth-order valence-electron chi connectivity index (χ4n) is 2.59. The maximum atomic E-state index is 12.1. The van der Waals surface area contributed by atoms with Crippen molar-refractivity contribution in [3.8, 4) is 23.1 Å². The fraction of sp³-hybridized carbons (Fsp3) is 0.100. The van der Waals surface area contributed by atoms with Gasteiger partial charge in [-0.05, 0) is 34.7 Å². The van der Waals surface area contributed by atoms with E-state index in [1.54, 1.807) is 31.4 Å². The summed E-state index contributed by atoms with van der Waals surface area (Å²) >= 11 is 0. The van der Waals surface area contributed by atoms with Crippen LogP contribution in [-0.2, 0) is 13.7 Å². The first-order chi connectivity index (χ1) is 13.7. The number of tetrazole rings is 1. The molecule has 0 N–H and O–H groups in total. The van der Waals surface area contributed by atoms with Crippen LogP contribution in [0.15, 0.2) is 77.7 Å². The molecule has 28 heavy (non-hydrogen) atoms. The maximum absolute atomic E-state index is 12.1. The molecule has 0 aliphatic rings. The summed E-state index contributed by atoms with van der Waals surface area (Å²) in [7, 11) is 1.55. The van der Waals surface area contributed by atoms with Gasteiger partial charge in [-0.3, -0.25) is 0 Å². The lowest BCUT2D eigenvalue weighted by atomic mass is 10.2. The number of ether oxygens (including phenoxy) is 2. The van der Waals surface area contributed by atoms with Crippen molar-refractivity contribution in [3.63, 3.8) is 0 Å². The predicted molar refractivity (Wildman–Crippen MR) is 102 cm³/mol. The highest BCUT2D eigenvalue weighted by Gasteiger charge is 2.11. The lowest BCUT2D eigenvalue weighted by molar-refractivity contribution is 0.292. The van der Waals surface area contributed by atoms with Gasteiger partial charge < -0.3 is 9.47 Å². The van der Waals surface area contributed by atoms with E-state index in [0.29, 0.717) is 17.3 Å². The van der Waals surface area contributed by atoms with Gasteiger partial charge in [-0.15, -0.1) is 0 Å². The third kappa shape index (κ3) is 3.75. The smallest absolute Gasteiger partial charge is 0.368 e. The molecule has 0 aliphatic heterocycles. The molecule has 8 heteroatoms. The van der Waals surface area contributed by atoms with Crippen molar-refractivity contribution in [2.45, 2.75) is 6.61 Å². The molecule has 0 bridgehead atoms. The zero-order valence-corrected chi connectivity index (χ0v) is 15.1. The first-order valence-corrected chi connectivity index (χ1v) is 8.60. The summed E-state index contributed by atoms with van der Waals surface area (Å²) in [5.41, 5.74) is 1.08. The Hall–Kier alpha value is -3.94. The van der Waals surface area contributed by atoms with Crippen LogP contribution in [0.25, 0.3) is 5.69 Å². The molecule has 2 aromatic heterocycles. The summed E-state index contributed by atoms with van der Waals surface area (Å²) in [5, 5.41) is 7.63. The van der Waals surface area contributed by atoms with E-state index < -0.39 is 0 Å². The van der Waals surface area contributed by atoms with Gasteiger partial charge in [0.15, 0.2) is 0 Å². The van der Waals surface area contributed by atoms with Crippen LogP contribution in [0.3, 0.4) is 0 Å². The van der Waals surface area contributed by atoms with E-state index in [1.807, 2.05) is 48.5 Å². The summed E-state index contributed by atoms with van der Waals surface area (Å²) in [6, 6.07) is 20.3. The molecular formula is C20H17N5O3. The Kier molecular flexibility index (Phi) is 4.83. The summed E-state index contributed by atoms with van der Waals surface area (Å²) in [6.07, 6.45) is 1.60. The number of aromatic nitrogens is 5. The van der Waals surface area contributed by atoms with Gasteiger partial charge in [0.25, 0.3) is 0 Å². The lowest BCUT2D eigenvalue weighted by Gasteiger charge is -2.10. The van der Waals surface area contributed by atoms with Crippen LogP contribution in [0.2, 0.25) is 0 Å². The highest BCUT2D eigenvalue weighted by molar-refractivity contribution is 5.39. The first kappa shape index (κ1) is 17.5. The molecule has 0 amide bonds. The molecule has 0 unspecified atom stereocenters. The van der Waals surface area contributed by atoms with Crippen LogP contribution in [-0.4, -0.2) is 24.8 Å². The monoisotopic (exact) mass is 375 g/mol. The van der Waals surface area contributed by atoms with Crippen molar-refractivity contribution in [3.05, 3.63) is 89.0 Å². The number of hydrogen-bond donors (Lipinski definition) is 0. The zero-order chi connectivity index (χ0) is 19.3. The Balaban J connectivity index is 1.47. The lowest BCUT2D eigenvalue weighted by Crippen LogP contribution is -2.23. The molecule has 0 spiro atoms. The minimum absolute atomic E-state index is 0.227. The molecule has 4 aromatic rings. The third-order valence-corrected chi connectivity index (χ3v) is 4.01. The highest BCUT2D eigenvalue weighted by Crippen LogP contribution is 2.22. The van der Waals surface area contributed by atoms with Crippen LogP contribution in [0.1, 0.15) is 5.56 Å². The van der Waals surface area contributed by atoms with Crippen molar-refractivity contribution in [2.75, 3.05) is 0 Å². The number of hydrogen-bond acceptors (Lipinski definition) is 6.